The lowest BCUT2D eigenvalue weighted by Crippen LogP contribution is -2.37. The summed E-state index contributed by atoms with van der Waals surface area (Å²) in [5.74, 6) is 0.530. The number of carbonyl (C=O) groups is 1. The van der Waals surface area contributed by atoms with Crippen LogP contribution in [0.5, 0.6) is 0 Å². The third-order valence-corrected chi connectivity index (χ3v) is 6.77. The van der Waals surface area contributed by atoms with Crippen molar-refractivity contribution in [3.8, 4) is 11.5 Å². The molecule has 9 heteroatoms. The molecule has 4 aromatic rings. The topological polar surface area (TPSA) is 111 Å². The summed E-state index contributed by atoms with van der Waals surface area (Å²) in [6.45, 7) is 6.63. The van der Waals surface area contributed by atoms with E-state index >= 15 is 0 Å². The predicted molar refractivity (Wildman–Crippen MR) is 142 cm³/mol. The van der Waals surface area contributed by atoms with E-state index in [0.29, 0.717) is 49.5 Å². The zero-order chi connectivity index (χ0) is 25.9. The third kappa shape index (κ3) is 5.17. The van der Waals surface area contributed by atoms with Crippen LogP contribution in [0.15, 0.2) is 65.1 Å². The summed E-state index contributed by atoms with van der Waals surface area (Å²) in [4.78, 5) is 30.7. The van der Waals surface area contributed by atoms with E-state index in [9.17, 15) is 14.9 Å². The van der Waals surface area contributed by atoms with E-state index in [2.05, 4.69) is 36.3 Å². The first-order valence-electron chi connectivity index (χ1n) is 12.4. The Morgan fingerprint density at radius 2 is 1.86 bits per heavy atom. The van der Waals surface area contributed by atoms with E-state index in [1.165, 1.54) is 17.7 Å². The Bertz CT molecular complexity index is 1440. The van der Waals surface area contributed by atoms with Gasteiger partial charge in [0.15, 0.2) is 5.58 Å². The lowest BCUT2D eigenvalue weighted by atomic mass is 9.98. The van der Waals surface area contributed by atoms with E-state index in [0.717, 1.165) is 23.1 Å². The van der Waals surface area contributed by atoms with E-state index in [1.54, 1.807) is 18.2 Å². The van der Waals surface area contributed by atoms with Gasteiger partial charge >= 0.3 is 0 Å². The van der Waals surface area contributed by atoms with Gasteiger partial charge in [0, 0.05) is 36.5 Å². The van der Waals surface area contributed by atoms with Crippen molar-refractivity contribution < 1.29 is 18.9 Å². The SMILES string of the molecule is CC[C@H](C)c1ccc2oc(-c3ccc(NC(=O)c4cc([N+](=O)[O-])ccc4N4CCOCC4)cc3)nc2c1. The quantitative estimate of drug-likeness (QED) is 0.244. The molecule has 3 aromatic carbocycles. The highest BCUT2D eigenvalue weighted by Crippen LogP contribution is 2.30. The summed E-state index contributed by atoms with van der Waals surface area (Å²) in [6, 6.07) is 17.6. The van der Waals surface area contributed by atoms with Gasteiger partial charge in [-0.3, -0.25) is 14.9 Å². The number of hydrogen-bond donors (Lipinski definition) is 1. The van der Waals surface area contributed by atoms with Gasteiger partial charge < -0.3 is 19.4 Å². The van der Waals surface area contributed by atoms with Gasteiger partial charge in [-0.25, -0.2) is 4.98 Å². The van der Waals surface area contributed by atoms with Gasteiger partial charge in [0.2, 0.25) is 5.89 Å². The number of anilines is 2. The molecule has 2 heterocycles. The molecule has 0 radical (unpaired) electrons. The molecule has 1 aliphatic heterocycles. The number of aromatic nitrogens is 1. The fraction of sp³-hybridized carbons (Fsp3) is 0.286. The molecule has 0 saturated carbocycles. The Morgan fingerprint density at radius 1 is 1.11 bits per heavy atom. The highest BCUT2D eigenvalue weighted by Gasteiger charge is 2.22. The largest absolute Gasteiger partial charge is 0.436 e. The molecule has 37 heavy (non-hydrogen) atoms. The minimum absolute atomic E-state index is 0.134. The first kappa shape index (κ1) is 24.5. The molecule has 0 aliphatic carbocycles. The van der Waals surface area contributed by atoms with Crippen molar-refractivity contribution in [3.63, 3.8) is 0 Å². The number of benzene rings is 3. The second-order valence-corrected chi connectivity index (χ2v) is 9.14. The molecule has 1 amide bonds. The Balaban J connectivity index is 1.37. The van der Waals surface area contributed by atoms with Crippen molar-refractivity contribution in [1.29, 1.82) is 0 Å². The minimum atomic E-state index is -0.499. The lowest BCUT2D eigenvalue weighted by Gasteiger charge is -2.30. The summed E-state index contributed by atoms with van der Waals surface area (Å²) < 4.78 is 11.4. The van der Waals surface area contributed by atoms with Crippen LogP contribution in [0.1, 0.15) is 42.1 Å². The molecular weight excluding hydrogens is 472 g/mol. The zero-order valence-electron chi connectivity index (χ0n) is 20.8. The average Bonchev–Trinajstić information content (AvgIpc) is 3.36. The van der Waals surface area contributed by atoms with Crippen LogP contribution in [0.2, 0.25) is 0 Å². The van der Waals surface area contributed by atoms with Crippen molar-refractivity contribution in [2.75, 3.05) is 36.5 Å². The monoisotopic (exact) mass is 500 g/mol. The Kier molecular flexibility index (Phi) is 6.87. The molecule has 0 spiro atoms. The van der Waals surface area contributed by atoms with E-state index in [-0.39, 0.29) is 11.3 Å². The van der Waals surface area contributed by atoms with E-state index < -0.39 is 10.8 Å². The fourth-order valence-corrected chi connectivity index (χ4v) is 4.40. The van der Waals surface area contributed by atoms with Crippen molar-refractivity contribution in [2.24, 2.45) is 0 Å². The molecule has 0 unspecified atom stereocenters. The number of hydrogen-bond acceptors (Lipinski definition) is 7. The van der Waals surface area contributed by atoms with Gasteiger partial charge in [-0.1, -0.05) is 19.9 Å². The molecule has 9 nitrogen and oxygen atoms in total. The second kappa shape index (κ2) is 10.4. The number of rotatable bonds is 7. The molecular formula is C28H28N4O5. The van der Waals surface area contributed by atoms with Crippen LogP contribution in [0.3, 0.4) is 0 Å². The molecule has 1 aliphatic rings. The molecule has 1 aromatic heterocycles. The van der Waals surface area contributed by atoms with Crippen LogP contribution in [0, 0.1) is 10.1 Å². The first-order chi connectivity index (χ1) is 17.9. The van der Waals surface area contributed by atoms with Crippen molar-refractivity contribution in [3.05, 3.63) is 81.9 Å². The fourth-order valence-electron chi connectivity index (χ4n) is 4.40. The number of carbonyl (C=O) groups excluding carboxylic acids is 1. The van der Waals surface area contributed by atoms with Crippen molar-refractivity contribution in [2.45, 2.75) is 26.2 Å². The molecule has 190 valence electrons. The Labute approximate surface area is 214 Å². The van der Waals surface area contributed by atoms with E-state index in [4.69, 9.17) is 9.15 Å². The van der Waals surface area contributed by atoms with Crippen LogP contribution < -0.4 is 10.2 Å². The number of nitro benzene ring substituents is 1. The number of amides is 1. The molecule has 1 N–H and O–H groups in total. The average molecular weight is 501 g/mol. The van der Waals surface area contributed by atoms with Crippen molar-refractivity contribution >= 4 is 34.1 Å². The number of ether oxygens (including phenoxy) is 1. The standard InChI is InChI=1S/C28H28N4O5/c1-3-18(2)20-6-11-26-24(16-20)30-28(37-26)19-4-7-21(8-5-19)29-27(33)23-17-22(32(34)35)9-10-25(23)31-12-14-36-15-13-31/h4-11,16-18H,3,12-15H2,1-2H3,(H,29,33)/t18-/m0/s1. The van der Waals surface area contributed by atoms with Gasteiger partial charge in [0.25, 0.3) is 11.6 Å². The number of non-ortho nitro benzene ring substituents is 1. The highest BCUT2D eigenvalue weighted by atomic mass is 16.6. The summed E-state index contributed by atoms with van der Waals surface area (Å²) in [6.07, 6.45) is 1.05. The maximum absolute atomic E-state index is 13.2. The predicted octanol–water partition coefficient (Wildman–Crippen LogP) is 6.01. The van der Waals surface area contributed by atoms with Crippen LogP contribution >= 0.6 is 0 Å². The second-order valence-electron chi connectivity index (χ2n) is 9.14. The molecule has 5 rings (SSSR count). The zero-order valence-corrected chi connectivity index (χ0v) is 20.8. The summed E-state index contributed by atoms with van der Waals surface area (Å²) in [5, 5.41) is 14.2. The van der Waals surface area contributed by atoms with Gasteiger partial charge in [-0.05, 0) is 60.4 Å². The summed E-state index contributed by atoms with van der Waals surface area (Å²) >= 11 is 0. The summed E-state index contributed by atoms with van der Waals surface area (Å²) in [5.41, 5.74) is 4.86. The molecule has 1 atom stereocenters. The maximum atomic E-state index is 13.2. The number of morpholine rings is 1. The van der Waals surface area contributed by atoms with Crippen LogP contribution in [0.4, 0.5) is 17.1 Å². The Morgan fingerprint density at radius 3 is 2.57 bits per heavy atom. The summed E-state index contributed by atoms with van der Waals surface area (Å²) in [7, 11) is 0. The van der Waals surface area contributed by atoms with Gasteiger partial charge in [0.1, 0.15) is 5.52 Å². The normalized spacial score (nSPS) is 14.5. The van der Waals surface area contributed by atoms with Crippen LogP contribution in [-0.2, 0) is 4.74 Å². The van der Waals surface area contributed by atoms with Crippen molar-refractivity contribution in [1.82, 2.24) is 4.98 Å². The van der Waals surface area contributed by atoms with Gasteiger partial charge in [-0.15, -0.1) is 0 Å². The lowest BCUT2D eigenvalue weighted by molar-refractivity contribution is -0.384. The first-order valence-corrected chi connectivity index (χ1v) is 12.4. The van der Waals surface area contributed by atoms with Gasteiger partial charge in [-0.2, -0.15) is 0 Å². The molecule has 1 saturated heterocycles. The Hall–Kier alpha value is -4.24. The van der Waals surface area contributed by atoms with Crippen LogP contribution in [-0.4, -0.2) is 42.1 Å². The van der Waals surface area contributed by atoms with E-state index in [1.807, 2.05) is 23.1 Å². The van der Waals surface area contributed by atoms with Gasteiger partial charge in [0.05, 0.1) is 29.4 Å². The number of oxazole rings is 1. The number of nitrogens with one attached hydrogen (secondary N) is 1. The number of nitrogens with zero attached hydrogens (tertiary/aromatic N) is 3. The molecule has 1 fully saturated rings. The third-order valence-electron chi connectivity index (χ3n) is 6.77. The van der Waals surface area contributed by atoms with Crippen LogP contribution in [0.25, 0.3) is 22.6 Å². The smallest absolute Gasteiger partial charge is 0.270 e. The molecule has 0 bridgehead atoms. The highest BCUT2D eigenvalue weighted by molar-refractivity contribution is 6.08. The number of fused-ring (bicyclic) bond motifs is 1. The maximum Gasteiger partial charge on any atom is 0.270 e. The number of nitro groups is 1. The minimum Gasteiger partial charge on any atom is -0.436 e.